The minimum Gasteiger partial charge on any atom is -0.732 e. The Kier molecular flexibility index (Phi) is 1.66. The Morgan fingerprint density at radius 1 is 1.78 bits per heavy atom. The number of nitrogens with one attached hydrogen (secondary N) is 1. The molecule has 0 spiro atoms. The Balaban J connectivity index is 2.45. The van der Waals surface area contributed by atoms with Crippen molar-refractivity contribution in [1.29, 1.82) is 0 Å². The van der Waals surface area contributed by atoms with Gasteiger partial charge >= 0.3 is 0 Å². The third-order valence-corrected chi connectivity index (χ3v) is 1.16. The lowest BCUT2D eigenvalue weighted by molar-refractivity contribution is -1.13. The van der Waals surface area contributed by atoms with Gasteiger partial charge in [-0.3, -0.25) is 0 Å². The molecular formula is C3H9N3O3. The molecule has 1 saturated heterocycles. The minimum atomic E-state index is -0.0521. The molecule has 0 aliphatic carbocycles. The molecule has 0 amide bonds. The summed E-state index contributed by atoms with van der Waals surface area (Å²) in [7, 11) is 1.66. The van der Waals surface area contributed by atoms with Crippen molar-refractivity contribution in [2.24, 2.45) is 0 Å². The number of hydroxylamine groups is 2. The van der Waals surface area contributed by atoms with Crippen LogP contribution < -0.4 is 5.59 Å². The maximum absolute atomic E-state index is 10.2. The van der Waals surface area contributed by atoms with Gasteiger partial charge in [0, 0.05) is 5.59 Å². The highest BCUT2D eigenvalue weighted by atomic mass is 17.3. The van der Waals surface area contributed by atoms with Crippen LogP contribution in [0.15, 0.2) is 0 Å². The van der Waals surface area contributed by atoms with E-state index < -0.39 is 0 Å². The third kappa shape index (κ3) is 1.36. The van der Waals surface area contributed by atoms with Gasteiger partial charge in [0.05, 0.1) is 0 Å². The second-order valence-corrected chi connectivity index (χ2v) is 1.90. The molecule has 0 radical (unpaired) electrons. The number of hydrogen-bond donors (Lipinski definition) is 1. The Bertz CT molecular complexity index is 110. The Labute approximate surface area is 52.5 Å². The molecule has 1 fully saturated rings. The number of nitrogens with zero attached hydrogens (tertiary/aromatic N) is 2. The standard InChI is InChI=1S/C3H9N3O3/c1-3-6(2)4-8-5(7)9-6/h4H,3H2,1-2H3. The molecule has 9 heavy (non-hydrogen) atoms. The summed E-state index contributed by atoms with van der Waals surface area (Å²) in [5.74, 6) is 0. The van der Waals surface area contributed by atoms with E-state index in [0.717, 1.165) is 0 Å². The molecule has 0 saturated carbocycles. The quantitative estimate of drug-likeness (QED) is 0.489. The molecule has 1 rings (SSSR count). The van der Waals surface area contributed by atoms with Crippen LogP contribution in [0.25, 0.3) is 0 Å². The SMILES string of the molecule is CC[N+]1(C)NON([O-])O1. The van der Waals surface area contributed by atoms with E-state index in [1.54, 1.807) is 7.05 Å². The fourth-order valence-corrected chi connectivity index (χ4v) is 0.422. The van der Waals surface area contributed by atoms with Crippen molar-refractivity contribution in [2.75, 3.05) is 13.6 Å². The highest BCUT2D eigenvalue weighted by Gasteiger charge is 2.30. The molecule has 1 heterocycles. The summed E-state index contributed by atoms with van der Waals surface area (Å²) in [4.78, 5) is 8.82. The summed E-state index contributed by atoms with van der Waals surface area (Å²) in [6.07, 6.45) is 0. The first kappa shape index (κ1) is 6.87. The van der Waals surface area contributed by atoms with Crippen LogP contribution >= 0.6 is 0 Å². The largest absolute Gasteiger partial charge is 0.732 e. The second kappa shape index (κ2) is 2.18. The number of hydrogen-bond acceptors (Lipinski definition) is 5. The lowest BCUT2D eigenvalue weighted by Crippen LogP contribution is -2.48. The summed E-state index contributed by atoms with van der Waals surface area (Å²) >= 11 is 0. The monoisotopic (exact) mass is 135 g/mol. The first-order valence-corrected chi connectivity index (χ1v) is 2.63. The van der Waals surface area contributed by atoms with Crippen LogP contribution in [0.1, 0.15) is 6.92 Å². The van der Waals surface area contributed by atoms with Gasteiger partial charge in [0.1, 0.15) is 13.6 Å². The van der Waals surface area contributed by atoms with Crippen LogP contribution in [-0.4, -0.2) is 23.7 Å². The molecule has 1 unspecified atom stereocenters. The van der Waals surface area contributed by atoms with Gasteiger partial charge in [-0.2, -0.15) is 0 Å². The van der Waals surface area contributed by atoms with Gasteiger partial charge in [-0.15, -0.1) is 4.94 Å². The van der Waals surface area contributed by atoms with Crippen molar-refractivity contribution in [3.8, 4) is 0 Å². The van der Waals surface area contributed by atoms with Crippen LogP contribution in [0.3, 0.4) is 0 Å². The molecule has 0 aromatic rings. The zero-order chi connectivity index (χ0) is 6.91. The zero-order valence-electron chi connectivity index (χ0n) is 5.33. The summed E-state index contributed by atoms with van der Waals surface area (Å²) < 4.78 is -0.0521. The van der Waals surface area contributed by atoms with Crippen molar-refractivity contribution in [1.82, 2.24) is 11.0 Å². The van der Waals surface area contributed by atoms with E-state index in [9.17, 15) is 5.21 Å². The van der Waals surface area contributed by atoms with E-state index >= 15 is 0 Å². The van der Waals surface area contributed by atoms with Gasteiger partial charge in [-0.05, 0) is 12.3 Å². The van der Waals surface area contributed by atoms with Crippen molar-refractivity contribution in [3.05, 3.63) is 5.21 Å². The van der Waals surface area contributed by atoms with Gasteiger partial charge in [0.2, 0.25) is 0 Å². The molecule has 1 N–H and O–H groups in total. The molecule has 1 atom stereocenters. The Morgan fingerprint density at radius 3 is 2.67 bits per heavy atom. The maximum Gasteiger partial charge on any atom is 0.130 e. The molecule has 1 aliphatic rings. The highest BCUT2D eigenvalue weighted by molar-refractivity contribution is 4.15. The van der Waals surface area contributed by atoms with Crippen LogP contribution in [0.2, 0.25) is 0 Å². The molecule has 1 aliphatic heterocycles. The van der Waals surface area contributed by atoms with Crippen molar-refractivity contribution in [2.45, 2.75) is 6.92 Å². The van der Waals surface area contributed by atoms with Gasteiger partial charge in [0.15, 0.2) is 0 Å². The molecule has 0 bridgehead atoms. The summed E-state index contributed by atoms with van der Waals surface area (Å²) in [5, 5.41) is 10.2. The van der Waals surface area contributed by atoms with Crippen LogP contribution in [0, 0.1) is 5.21 Å². The predicted molar refractivity (Wildman–Crippen MR) is 27.2 cm³/mol. The van der Waals surface area contributed by atoms with Crippen LogP contribution in [-0.2, 0) is 9.88 Å². The third-order valence-electron chi connectivity index (χ3n) is 1.16. The van der Waals surface area contributed by atoms with Gasteiger partial charge in [-0.25, -0.2) is 0 Å². The van der Waals surface area contributed by atoms with E-state index in [1.165, 1.54) is 0 Å². The van der Waals surface area contributed by atoms with Crippen LogP contribution in [0.4, 0.5) is 0 Å². The molecule has 6 heteroatoms. The molecular weight excluding hydrogens is 126 g/mol. The lowest BCUT2D eigenvalue weighted by atomic mass is 10.7. The summed E-state index contributed by atoms with van der Waals surface area (Å²) in [6.45, 7) is 2.47. The average molecular weight is 135 g/mol. The molecule has 0 aromatic carbocycles. The van der Waals surface area contributed by atoms with Crippen molar-refractivity contribution >= 4 is 0 Å². The number of quaternary nitrogens is 1. The van der Waals surface area contributed by atoms with Gasteiger partial charge < -0.3 is 5.21 Å². The van der Waals surface area contributed by atoms with Crippen molar-refractivity contribution < 1.29 is 14.6 Å². The second-order valence-electron chi connectivity index (χ2n) is 1.90. The Hall–Kier alpha value is -0.240. The first-order valence-electron chi connectivity index (χ1n) is 2.63. The van der Waals surface area contributed by atoms with Gasteiger partial charge in [-0.1, -0.05) is 9.69 Å². The zero-order valence-corrected chi connectivity index (χ0v) is 5.33. The van der Waals surface area contributed by atoms with E-state index in [-0.39, 0.29) is 10.1 Å². The molecule has 54 valence electrons. The predicted octanol–water partition coefficient (Wildman–Crippen LogP) is -0.536. The highest BCUT2D eigenvalue weighted by Crippen LogP contribution is 2.08. The molecule has 0 aromatic heterocycles. The molecule has 6 nitrogen and oxygen atoms in total. The average Bonchev–Trinajstić information content (AvgIpc) is 2.13. The lowest BCUT2D eigenvalue weighted by Gasteiger charge is -2.19. The normalized spacial score (nSPS) is 37.7. The minimum absolute atomic E-state index is 0.0312. The van der Waals surface area contributed by atoms with E-state index in [0.29, 0.717) is 6.54 Å². The summed E-state index contributed by atoms with van der Waals surface area (Å²) in [6, 6.07) is 0. The van der Waals surface area contributed by atoms with E-state index in [2.05, 4.69) is 15.5 Å². The van der Waals surface area contributed by atoms with E-state index in [4.69, 9.17) is 0 Å². The summed E-state index contributed by atoms with van der Waals surface area (Å²) in [5.41, 5.74) is 2.36. The Morgan fingerprint density at radius 2 is 2.44 bits per heavy atom. The first-order chi connectivity index (χ1) is 4.16. The van der Waals surface area contributed by atoms with Crippen LogP contribution in [0.5, 0.6) is 0 Å². The van der Waals surface area contributed by atoms with Gasteiger partial charge in [0.25, 0.3) is 0 Å². The fraction of sp³-hybridized carbons (Fsp3) is 1.00. The topological polar surface area (TPSA) is 56.8 Å². The maximum atomic E-state index is 10.2. The smallest absolute Gasteiger partial charge is 0.130 e. The van der Waals surface area contributed by atoms with E-state index in [1.807, 2.05) is 6.92 Å². The van der Waals surface area contributed by atoms with Crippen molar-refractivity contribution in [3.63, 3.8) is 0 Å². The number of rotatable bonds is 1. The fourth-order valence-electron chi connectivity index (χ4n) is 0.422.